The van der Waals surface area contributed by atoms with Crippen LogP contribution in [0.1, 0.15) is 51.8 Å². The fourth-order valence-corrected chi connectivity index (χ4v) is 9.26. The maximum absolute atomic E-state index is 15.4. The molecule has 306 valence electrons. The van der Waals surface area contributed by atoms with E-state index in [4.69, 9.17) is 15.2 Å². The largest absolute Gasteiger partial charge is 0.491 e. The van der Waals surface area contributed by atoms with E-state index in [-0.39, 0.29) is 26.3 Å². The predicted molar refractivity (Wildman–Crippen MR) is 224 cm³/mol. The van der Waals surface area contributed by atoms with Crippen molar-refractivity contribution in [2.45, 2.75) is 36.2 Å². The quantitative estimate of drug-likeness (QED) is 0.0849. The molecule has 3 aliphatic rings. The number of nitrogens with zero attached hydrogens (tertiary/aromatic N) is 2. The number of anilines is 1. The standard InChI is InChI=1S/C47H41N7O7/c48-46(59)49-22-10-11-28-20-21-34-33(25-28)47(45(58)53-34)38(43(56)50-27-37-51-35-18-7-8-19-36(35)52-37)40-44(57)61-41(30-14-5-2-6-15-30)39(29-12-3-1-4-13-29)54(40)42(47)31-16-9-17-32(26-31)60-24-23-55/h1-9,12-21,25-26,38-42,55H,22-24,27H2,(H,50,56)(H,51,52)(H,53,58)(H3,48,49,59)/t38-,39-,40-,41+,42+,47-/m0/s1. The zero-order valence-corrected chi connectivity index (χ0v) is 32.7. The third-order valence-corrected chi connectivity index (χ3v) is 11.6. The van der Waals surface area contributed by atoms with Crippen LogP contribution in [0.5, 0.6) is 5.75 Å². The Morgan fingerprint density at radius 3 is 2.36 bits per heavy atom. The molecule has 0 bridgehead atoms. The third-order valence-electron chi connectivity index (χ3n) is 11.6. The first-order valence-electron chi connectivity index (χ1n) is 19.9. The molecule has 14 heteroatoms. The van der Waals surface area contributed by atoms with Crippen molar-refractivity contribution in [2.24, 2.45) is 11.7 Å². The molecule has 7 N–H and O–H groups in total. The van der Waals surface area contributed by atoms with Gasteiger partial charge >= 0.3 is 12.0 Å². The molecular weight excluding hydrogens is 775 g/mol. The van der Waals surface area contributed by atoms with Crippen LogP contribution in [0.3, 0.4) is 0 Å². The number of amides is 4. The van der Waals surface area contributed by atoms with E-state index < -0.39 is 59.4 Å². The second-order valence-corrected chi connectivity index (χ2v) is 15.1. The molecule has 1 spiro atoms. The van der Waals surface area contributed by atoms with Crippen LogP contribution < -0.4 is 26.4 Å². The van der Waals surface area contributed by atoms with Crippen molar-refractivity contribution in [3.05, 3.63) is 161 Å². The molecule has 6 atom stereocenters. The number of fused-ring (bicyclic) bond motifs is 4. The van der Waals surface area contributed by atoms with E-state index in [1.807, 2.05) is 95.9 Å². The number of H-pyrrole nitrogens is 1. The number of aliphatic hydroxyl groups excluding tert-OH is 1. The van der Waals surface area contributed by atoms with Gasteiger partial charge < -0.3 is 41.2 Å². The van der Waals surface area contributed by atoms with E-state index in [2.05, 4.69) is 37.8 Å². The number of aromatic amines is 1. The second kappa shape index (κ2) is 16.3. The van der Waals surface area contributed by atoms with Crippen LogP contribution in [0.2, 0.25) is 0 Å². The van der Waals surface area contributed by atoms with Crippen LogP contribution in [0.4, 0.5) is 10.5 Å². The summed E-state index contributed by atoms with van der Waals surface area (Å²) >= 11 is 0. The Balaban J connectivity index is 1.28. The number of rotatable bonds is 10. The number of benzene rings is 5. The van der Waals surface area contributed by atoms with Gasteiger partial charge in [0.25, 0.3) is 0 Å². The molecule has 5 aromatic carbocycles. The summed E-state index contributed by atoms with van der Waals surface area (Å²) in [6.07, 6.45) is -0.850. The maximum atomic E-state index is 15.4. The van der Waals surface area contributed by atoms with Crippen LogP contribution in [-0.4, -0.2) is 69.6 Å². The van der Waals surface area contributed by atoms with Gasteiger partial charge in [0.05, 0.1) is 48.7 Å². The molecule has 14 nitrogen and oxygen atoms in total. The fraction of sp³-hybridized carbons (Fsp3) is 0.213. The van der Waals surface area contributed by atoms with Gasteiger partial charge in [0.15, 0.2) is 0 Å². The minimum absolute atomic E-state index is 0.0173. The van der Waals surface area contributed by atoms with Crippen molar-refractivity contribution < 1.29 is 33.8 Å². The number of aliphatic hydroxyl groups is 1. The average molecular weight is 816 g/mol. The van der Waals surface area contributed by atoms with Gasteiger partial charge in [0.1, 0.15) is 35.7 Å². The van der Waals surface area contributed by atoms with Gasteiger partial charge in [-0.05, 0) is 64.7 Å². The molecule has 0 saturated carbocycles. The lowest BCUT2D eigenvalue weighted by molar-refractivity contribution is -0.178. The Bertz CT molecular complexity index is 2680. The van der Waals surface area contributed by atoms with Gasteiger partial charge in [-0.15, -0.1) is 0 Å². The molecule has 61 heavy (non-hydrogen) atoms. The Kier molecular flexibility index (Phi) is 10.4. The van der Waals surface area contributed by atoms with Crippen LogP contribution in [-0.2, 0) is 31.1 Å². The van der Waals surface area contributed by atoms with Crippen molar-refractivity contribution in [3.8, 4) is 17.6 Å². The van der Waals surface area contributed by atoms with Gasteiger partial charge in [0, 0.05) is 11.3 Å². The number of primary amides is 1. The summed E-state index contributed by atoms with van der Waals surface area (Å²) in [5.74, 6) is 3.75. The van der Waals surface area contributed by atoms with Gasteiger partial charge in [-0.1, -0.05) is 96.8 Å². The minimum Gasteiger partial charge on any atom is -0.491 e. The van der Waals surface area contributed by atoms with Gasteiger partial charge in [0.2, 0.25) is 11.8 Å². The fourth-order valence-electron chi connectivity index (χ4n) is 9.26. The first-order chi connectivity index (χ1) is 29.8. The van der Waals surface area contributed by atoms with Crippen molar-refractivity contribution in [1.82, 2.24) is 25.5 Å². The number of carbonyl (C=O) groups excluding carboxylic acids is 4. The summed E-state index contributed by atoms with van der Waals surface area (Å²) in [4.78, 5) is 67.2. The molecule has 2 saturated heterocycles. The van der Waals surface area contributed by atoms with Crippen molar-refractivity contribution in [3.63, 3.8) is 0 Å². The van der Waals surface area contributed by atoms with Crippen LogP contribution in [0.15, 0.2) is 127 Å². The van der Waals surface area contributed by atoms with Gasteiger partial charge in [-0.2, -0.15) is 0 Å². The van der Waals surface area contributed by atoms with E-state index in [0.29, 0.717) is 34.0 Å². The van der Waals surface area contributed by atoms with E-state index in [0.717, 1.165) is 22.2 Å². The summed E-state index contributed by atoms with van der Waals surface area (Å²) in [6.45, 7) is -0.261. The SMILES string of the molecule is NC(=O)NCC#Cc1ccc2c(c1)[C@]1(C(=O)N2)[C@H](C(=O)NCc2nc3ccccc3[nH]2)[C@H]2C(=O)O[C@H](c3ccccc3)[C@H](c3ccccc3)N2[C@@H]1c1cccc(OCCO)c1. The number of nitrogens with one attached hydrogen (secondary N) is 4. The molecule has 4 heterocycles. The number of imidazole rings is 1. The lowest BCUT2D eigenvalue weighted by Gasteiger charge is -2.46. The summed E-state index contributed by atoms with van der Waals surface area (Å²) in [6, 6.07) is 35.2. The molecule has 2 fully saturated rings. The number of ether oxygens (including phenoxy) is 2. The Labute approximate surface area is 350 Å². The molecule has 4 amide bonds. The highest BCUT2D eigenvalue weighted by Gasteiger charge is 2.74. The highest BCUT2D eigenvalue weighted by atomic mass is 16.6. The van der Waals surface area contributed by atoms with E-state index in [1.54, 1.807) is 36.4 Å². The third kappa shape index (κ3) is 6.99. The predicted octanol–water partition coefficient (Wildman–Crippen LogP) is 4.54. The number of nitrogens with two attached hydrogens (primary N) is 1. The van der Waals surface area contributed by atoms with Gasteiger partial charge in [-0.3, -0.25) is 19.3 Å². The summed E-state index contributed by atoms with van der Waals surface area (Å²) in [5.41, 5.74) is 8.50. The van der Waals surface area contributed by atoms with Crippen molar-refractivity contribution in [2.75, 3.05) is 25.1 Å². The molecule has 3 aliphatic heterocycles. The Hall–Kier alpha value is -7.47. The van der Waals surface area contributed by atoms with E-state index >= 15 is 14.4 Å². The molecular formula is C47H41N7O7. The lowest BCUT2D eigenvalue weighted by atomic mass is 9.65. The maximum Gasteiger partial charge on any atom is 0.324 e. The summed E-state index contributed by atoms with van der Waals surface area (Å²) < 4.78 is 12.4. The van der Waals surface area contributed by atoms with E-state index in [1.165, 1.54) is 0 Å². The van der Waals surface area contributed by atoms with Crippen molar-refractivity contribution in [1.29, 1.82) is 0 Å². The molecule has 6 aromatic rings. The Morgan fingerprint density at radius 2 is 1.61 bits per heavy atom. The molecule has 1 aromatic heterocycles. The number of cyclic esters (lactones) is 1. The van der Waals surface area contributed by atoms with Crippen LogP contribution in [0.25, 0.3) is 11.0 Å². The van der Waals surface area contributed by atoms with Crippen molar-refractivity contribution >= 4 is 40.5 Å². The normalized spacial score (nSPS) is 22.7. The van der Waals surface area contributed by atoms with Crippen LogP contribution in [0, 0.1) is 17.8 Å². The number of para-hydroxylation sites is 2. The highest BCUT2D eigenvalue weighted by Crippen LogP contribution is 2.65. The molecule has 9 rings (SSSR count). The topological polar surface area (TPSA) is 201 Å². The average Bonchev–Trinajstić information content (AvgIpc) is 3.94. The Morgan fingerprint density at radius 1 is 0.869 bits per heavy atom. The summed E-state index contributed by atoms with van der Waals surface area (Å²) in [5, 5.41) is 18.3. The second-order valence-electron chi connectivity index (χ2n) is 15.1. The number of urea groups is 1. The molecule has 0 aliphatic carbocycles. The molecule has 0 unspecified atom stereocenters. The highest BCUT2D eigenvalue weighted by molar-refractivity contribution is 6.12. The smallest absolute Gasteiger partial charge is 0.324 e. The first kappa shape index (κ1) is 39.0. The zero-order valence-electron chi connectivity index (χ0n) is 32.7. The number of hydrogen-bond donors (Lipinski definition) is 6. The first-order valence-corrected chi connectivity index (χ1v) is 19.9. The van der Waals surface area contributed by atoms with Crippen LogP contribution >= 0.6 is 0 Å². The number of hydrogen-bond acceptors (Lipinski definition) is 9. The number of morpholine rings is 1. The monoisotopic (exact) mass is 815 g/mol. The number of aromatic nitrogens is 2. The molecule has 0 radical (unpaired) electrons. The summed E-state index contributed by atoms with van der Waals surface area (Å²) in [7, 11) is 0. The lowest BCUT2D eigenvalue weighted by Crippen LogP contribution is -2.54. The number of esters is 1. The van der Waals surface area contributed by atoms with Gasteiger partial charge in [-0.25, -0.2) is 9.78 Å². The zero-order chi connectivity index (χ0) is 42.1. The minimum atomic E-state index is -1.78. The number of carbonyl (C=O) groups is 4. The van der Waals surface area contributed by atoms with E-state index in [9.17, 15) is 9.90 Å².